The highest BCUT2D eigenvalue weighted by Crippen LogP contribution is 2.23. The van der Waals surface area contributed by atoms with Crippen LogP contribution in [0.25, 0.3) is 0 Å². The maximum atomic E-state index is 12.7. The molecule has 1 aliphatic rings. The number of piperidine rings is 1. The molecule has 1 atom stereocenters. The number of carbonyl (C=O) groups excluding carboxylic acids is 2. The third-order valence-corrected chi connectivity index (χ3v) is 5.42. The van der Waals surface area contributed by atoms with Gasteiger partial charge in [0, 0.05) is 15.8 Å². The van der Waals surface area contributed by atoms with Crippen LogP contribution in [-0.4, -0.2) is 29.3 Å². The average molecular weight is 440 g/mol. The fourth-order valence-corrected chi connectivity index (χ4v) is 4.00. The highest BCUT2D eigenvalue weighted by atomic mass is 127. The summed E-state index contributed by atoms with van der Waals surface area (Å²) in [5.74, 6) is -0.140. The van der Waals surface area contributed by atoms with Crippen molar-refractivity contribution in [3.8, 4) is 0 Å². The normalized spacial score (nSPS) is 17.8. The zero-order valence-electron chi connectivity index (χ0n) is 12.5. The summed E-state index contributed by atoms with van der Waals surface area (Å²) < 4.78 is 1.07. The molecule has 0 aliphatic carbocycles. The summed E-state index contributed by atoms with van der Waals surface area (Å²) in [5, 5.41) is 4.84. The van der Waals surface area contributed by atoms with E-state index in [2.05, 4.69) is 27.9 Å². The second kappa shape index (κ2) is 7.44. The molecule has 6 heteroatoms. The van der Waals surface area contributed by atoms with Gasteiger partial charge >= 0.3 is 0 Å². The lowest BCUT2D eigenvalue weighted by atomic mass is 10.0. The number of thiophene rings is 1. The standard InChI is InChI=1S/C17H17IN2O2S/c18-12-5-3-6-13(11-12)19-16(21)14-7-1-2-9-20(14)17(22)15-8-4-10-23-15/h3-6,8,10-11,14H,1-2,7,9H2,(H,19,21)/t14-/m1/s1. The summed E-state index contributed by atoms with van der Waals surface area (Å²) >= 11 is 3.63. The second-order valence-electron chi connectivity index (χ2n) is 5.49. The predicted molar refractivity (Wildman–Crippen MR) is 101 cm³/mol. The molecule has 1 aromatic heterocycles. The maximum absolute atomic E-state index is 12.7. The lowest BCUT2D eigenvalue weighted by molar-refractivity contribution is -0.121. The van der Waals surface area contributed by atoms with Crippen LogP contribution in [0.4, 0.5) is 5.69 Å². The van der Waals surface area contributed by atoms with Crippen molar-refractivity contribution in [3.05, 3.63) is 50.2 Å². The minimum Gasteiger partial charge on any atom is -0.326 e. The molecule has 2 aromatic rings. The number of hydrogen-bond acceptors (Lipinski definition) is 3. The molecule has 0 unspecified atom stereocenters. The minimum atomic E-state index is -0.392. The van der Waals surface area contributed by atoms with E-state index in [-0.39, 0.29) is 11.8 Å². The molecule has 2 heterocycles. The molecule has 4 nitrogen and oxygen atoms in total. The molecule has 1 aromatic carbocycles. The van der Waals surface area contributed by atoms with Gasteiger partial charge in [0.25, 0.3) is 5.91 Å². The smallest absolute Gasteiger partial charge is 0.264 e. The van der Waals surface area contributed by atoms with Crippen LogP contribution in [0.1, 0.15) is 28.9 Å². The van der Waals surface area contributed by atoms with Crippen LogP contribution in [0.15, 0.2) is 41.8 Å². The van der Waals surface area contributed by atoms with Gasteiger partial charge in [-0.05, 0) is 71.5 Å². The van der Waals surface area contributed by atoms with Gasteiger partial charge in [-0.15, -0.1) is 11.3 Å². The van der Waals surface area contributed by atoms with Crippen LogP contribution in [0.3, 0.4) is 0 Å². The van der Waals surface area contributed by atoms with E-state index in [4.69, 9.17) is 0 Å². The van der Waals surface area contributed by atoms with E-state index in [1.165, 1.54) is 11.3 Å². The molecule has 23 heavy (non-hydrogen) atoms. The first-order valence-electron chi connectivity index (χ1n) is 7.56. The molecule has 0 saturated carbocycles. The Morgan fingerprint density at radius 3 is 2.83 bits per heavy atom. The van der Waals surface area contributed by atoms with Gasteiger partial charge in [0.2, 0.25) is 5.91 Å². The van der Waals surface area contributed by atoms with E-state index in [0.717, 1.165) is 22.1 Å². The zero-order chi connectivity index (χ0) is 16.2. The Labute approximate surface area is 153 Å². The molecule has 1 aliphatic heterocycles. The first-order valence-corrected chi connectivity index (χ1v) is 9.52. The SMILES string of the molecule is O=C(Nc1cccc(I)c1)[C@H]1CCCCN1C(=O)c1cccs1. The van der Waals surface area contributed by atoms with E-state index in [0.29, 0.717) is 17.8 Å². The van der Waals surface area contributed by atoms with Gasteiger partial charge < -0.3 is 10.2 Å². The monoisotopic (exact) mass is 440 g/mol. The highest BCUT2D eigenvalue weighted by Gasteiger charge is 2.33. The van der Waals surface area contributed by atoms with E-state index in [1.54, 1.807) is 4.90 Å². The zero-order valence-corrected chi connectivity index (χ0v) is 15.5. The van der Waals surface area contributed by atoms with Crippen molar-refractivity contribution in [2.75, 3.05) is 11.9 Å². The molecule has 0 bridgehead atoms. The molecule has 3 rings (SSSR count). The van der Waals surface area contributed by atoms with Crippen molar-refractivity contribution in [3.63, 3.8) is 0 Å². The number of nitrogens with zero attached hydrogens (tertiary/aromatic N) is 1. The summed E-state index contributed by atoms with van der Waals surface area (Å²) in [6.45, 7) is 0.640. The molecular weight excluding hydrogens is 423 g/mol. The predicted octanol–water partition coefficient (Wildman–Crippen LogP) is 3.99. The van der Waals surface area contributed by atoms with Crippen molar-refractivity contribution in [1.82, 2.24) is 4.90 Å². The van der Waals surface area contributed by atoms with Crippen molar-refractivity contribution in [2.24, 2.45) is 0 Å². The summed E-state index contributed by atoms with van der Waals surface area (Å²) in [6.07, 6.45) is 2.63. The Morgan fingerprint density at radius 1 is 1.22 bits per heavy atom. The first-order chi connectivity index (χ1) is 11.1. The second-order valence-corrected chi connectivity index (χ2v) is 7.68. The van der Waals surface area contributed by atoms with Gasteiger partial charge in [0.05, 0.1) is 4.88 Å². The van der Waals surface area contributed by atoms with E-state index in [1.807, 2.05) is 41.8 Å². The molecule has 1 N–H and O–H groups in total. The number of halogens is 1. The maximum Gasteiger partial charge on any atom is 0.264 e. The summed E-state index contributed by atoms with van der Waals surface area (Å²) in [6, 6.07) is 11.0. The number of hydrogen-bond donors (Lipinski definition) is 1. The number of likely N-dealkylation sites (tertiary alicyclic amines) is 1. The number of rotatable bonds is 3. The van der Waals surface area contributed by atoms with Crippen LogP contribution < -0.4 is 5.32 Å². The fourth-order valence-electron chi connectivity index (χ4n) is 2.78. The van der Waals surface area contributed by atoms with Gasteiger partial charge in [-0.3, -0.25) is 9.59 Å². The Morgan fingerprint density at radius 2 is 2.09 bits per heavy atom. The summed E-state index contributed by atoms with van der Waals surface area (Å²) in [4.78, 5) is 27.7. The minimum absolute atomic E-state index is 0.0394. The summed E-state index contributed by atoms with van der Waals surface area (Å²) in [7, 11) is 0. The fraction of sp³-hybridized carbons (Fsp3) is 0.294. The molecule has 0 spiro atoms. The van der Waals surface area contributed by atoms with E-state index >= 15 is 0 Å². The Kier molecular flexibility index (Phi) is 5.32. The van der Waals surface area contributed by atoms with E-state index < -0.39 is 6.04 Å². The lowest BCUT2D eigenvalue weighted by Gasteiger charge is -2.34. The number of amides is 2. The van der Waals surface area contributed by atoms with Gasteiger partial charge in [-0.2, -0.15) is 0 Å². The van der Waals surface area contributed by atoms with Crippen LogP contribution in [-0.2, 0) is 4.79 Å². The van der Waals surface area contributed by atoms with Gasteiger partial charge in [-0.25, -0.2) is 0 Å². The average Bonchev–Trinajstić information content (AvgIpc) is 3.08. The quantitative estimate of drug-likeness (QED) is 0.735. The number of nitrogens with one attached hydrogen (secondary N) is 1. The van der Waals surface area contributed by atoms with Crippen molar-refractivity contribution >= 4 is 51.4 Å². The topological polar surface area (TPSA) is 49.4 Å². The van der Waals surface area contributed by atoms with Crippen LogP contribution in [0, 0.1) is 3.57 Å². The summed E-state index contributed by atoms with van der Waals surface area (Å²) in [5.41, 5.74) is 0.774. The largest absolute Gasteiger partial charge is 0.326 e. The number of carbonyl (C=O) groups is 2. The molecule has 2 amide bonds. The molecule has 1 fully saturated rings. The van der Waals surface area contributed by atoms with E-state index in [9.17, 15) is 9.59 Å². The van der Waals surface area contributed by atoms with Gasteiger partial charge in [-0.1, -0.05) is 12.1 Å². The Bertz CT molecular complexity index is 702. The Balaban J connectivity index is 1.75. The Hall–Kier alpha value is -1.41. The molecule has 0 radical (unpaired) electrons. The molecule has 1 saturated heterocycles. The van der Waals surface area contributed by atoms with Crippen LogP contribution >= 0.6 is 33.9 Å². The number of benzene rings is 1. The van der Waals surface area contributed by atoms with Crippen LogP contribution in [0.2, 0.25) is 0 Å². The van der Waals surface area contributed by atoms with Crippen LogP contribution in [0.5, 0.6) is 0 Å². The van der Waals surface area contributed by atoms with Crippen molar-refractivity contribution in [2.45, 2.75) is 25.3 Å². The van der Waals surface area contributed by atoms with Gasteiger partial charge in [0.15, 0.2) is 0 Å². The number of anilines is 1. The molecule has 120 valence electrons. The first kappa shape index (κ1) is 16.4. The van der Waals surface area contributed by atoms with Gasteiger partial charge in [0.1, 0.15) is 6.04 Å². The highest BCUT2D eigenvalue weighted by molar-refractivity contribution is 14.1. The van der Waals surface area contributed by atoms with Crippen molar-refractivity contribution < 1.29 is 9.59 Å². The lowest BCUT2D eigenvalue weighted by Crippen LogP contribution is -2.49. The third-order valence-electron chi connectivity index (χ3n) is 3.89. The third kappa shape index (κ3) is 3.92. The van der Waals surface area contributed by atoms with Crippen molar-refractivity contribution in [1.29, 1.82) is 0 Å². The molecular formula is C17H17IN2O2S.